The molecule has 0 unspecified atom stereocenters. The van der Waals surface area contributed by atoms with Crippen LogP contribution in [-0.4, -0.2) is 15.2 Å². The first-order valence-electron chi connectivity index (χ1n) is 6.71. The van der Waals surface area contributed by atoms with Gasteiger partial charge in [-0.1, -0.05) is 78.2 Å². The summed E-state index contributed by atoms with van der Waals surface area (Å²) in [4.78, 5) is 0. The molecule has 1 heterocycles. The number of hydrogen-bond acceptors (Lipinski definition) is 0. The Kier molecular flexibility index (Phi) is 3.93. The third-order valence-electron chi connectivity index (χ3n) is 5.74. The molecule has 0 radical (unpaired) electrons. The van der Waals surface area contributed by atoms with Gasteiger partial charge in [-0.2, -0.15) is 0 Å². The predicted octanol–water partition coefficient (Wildman–Crippen LogP) is 5.23. The Bertz CT molecular complexity index is 195. The van der Waals surface area contributed by atoms with Crippen LogP contribution in [-0.2, 0) is 0 Å². The Morgan fingerprint density at radius 1 is 0.800 bits per heavy atom. The van der Waals surface area contributed by atoms with Crippen LogP contribution < -0.4 is 0 Å². The lowest BCUT2D eigenvalue weighted by Gasteiger charge is -2.49. The molecule has 0 saturated carbocycles. The molecule has 90 valence electrons. The maximum atomic E-state index is 2.69. The van der Waals surface area contributed by atoms with E-state index in [9.17, 15) is 0 Å². The Hall–Kier alpha value is 0.434. The molecule has 15 heavy (non-hydrogen) atoms. The van der Waals surface area contributed by atoms with Crippen molar-refractivity contribution >= 4 is 15.2 Å². The molecule has 0 aromatic heterocycles. The molecule has 0 nitrogen and oxygen atoms in total. The van der Waals surface area contributed by atoms with E-state index in [1.165, 1.54) is 32.1 Å². The smallest absolute Gasteiger partial charge is 0.0468 e. The zero-order valence-electron chi connectivity index (χ0n) is 11.7. The van der Waals surface area contributed by atoms with E-state index in [0.717, 1.165) is 0 Å². The summed E-state index contributed by atoms with van der Waals surface area (Å²) in [6.07, 6.45) is 7.47. The van der Waals surface area contributed by atoms with Crippen molar-refractivity contribution in [2.45, 2.75) is 83.2 Å². The molecular formula is C13H30Si2. The standard InChI is InChI=1S/C13H30Si2/c1-13(2)11-9-7-8-10-12-14(3,4)15(13,5)6/h7-12H2,1-6H3. The quantitative estimate of drug-likeness (QED) is 0.511. The van der Waals surface area contributed by atoms with Crippen LogP contribution in [0.5, 0.6) is 0 Å². The number of rotatable bonds is 0. The summed E-state index contributed by atoms with van der Waals surface area (Å²) < 4.78 is 0. The van der Waals surface area contributed by atoms with E-state index in [2.05, 4.69) is 40.0 Å². The summed E-state index contributed by atoms with van der Waals surface area (Å²) in [5, 5.41) is 0.674. The first-order valence-corrected chi connectivity index (χ1v) is 13.9. The zero-order chi connectivity index (χ0) is 11.7. The first kappa shape index (κ1) is 13.5. The van der Waals surface area contributed by atoms with Crippen molar-refractivity contribution in [2.24, 2.45) is 0 Å². The SMILES string of the molecule is CC1(C)CCCCCC[Si](C)(C)[Si]1(C)C. The van der Waals surface area contributed by atoms with Crippen molar-refractivity contribution in [1.29, 1.82) is 0 Å². The van der Waals surface area contributed by atoms with E-state index in [1.54, 1.807) is 6.04 Å². The van der Waals surface area contributed by atoms with Crippen molar-refractivity contribution in [3.05, 3.63) is 0 Å². The maximum absolute atomic E-state index is 2.69. The van der Waals surface area contributed by atoms with Crippen molar-refractivity contribution in [3.8, 4) is 0 Å². The van der Waals surface area contributed by atoms with Gasteiger partial charge in [-0.15, -0.1) is 0 Å². The lowest BCUT2D eigenvalue weighted by Crippen LogP contribution is -2.60. The van der Waals surface area contributed by atoms with Gasteiger partial charge in [-0.3, -0.25) is 0 Å². The summed E-state index contributed by atoms with van der Waals surface area (Å²) in [5.41, 5.74) is 0. The van der Waals surface area contributed by atoms with Crippen LogP contribution in [0.15, 0.2) is 0 Å². The van der Waals surface area contributed by atoms with E-state index >= 15 is 0 Å². The highest BCUT2D eigenvalue weighted by atomic mass is 29.3. The lowest BCUT2D eigenvalue weighted by atomic mass is 10.0. The van der Waals surface area contributed by atoms with Gasteiger partial charge in [-0.25, -0.2) is 0 Å². The fourth-order valence-electron chi connectivity index (χ4n) is 3.03. The lowest BCUT2D eigenvalue weighted by molar-refractivity contribution is 0.533. The molecule has 0 aromatic rings. The maximum Gasteiger partial charge on any atom is 0.0468 e. The highest BCUT2D eigenvalue weighted by Gasteiger charge is 2.49. The second kappa shape index (κ2) is 4.36. The fraction of sp³-hybridized carbons (Fsp3) is 1.00. The zero-order valence-corrected chi connectivity index (χ0v) is 13.7. The molecule has 2 heteroatoms. The van der Waals surface area contributed by atoms with Gasteiger partial charge >= 0.3 is 0 Å². The minimum Gasteiger partial charge on any atom is -0.0713 e. The summed E-state index contributed by atoms with van der Waals surface area (Å²) in [7, 11) is -1.95. The molecule has 0 aliphatic carbocycles. The Morgan fingerprint density at radius 2 is 1.33 bits per heavy atom. The highest BCUT2D eigenvalue weighted by Crippen LogP contribution is 2.48. The van der Waals surface area contributed by atoms with Crippen molar-refractivity contribution in [1.82, 2.24) is 0 Å². The van der Waals surface area contributed by atoms with Gasteiger partial charge in [0.1, 0.15) is 0 Å². The molecule has 1 fully saturated rings. The third kappa shape index (κ3) is 2.58. The predicted molar refractivity (Wildman–Crippen MR) is 76.9 cm³/mol. The van der Waals surface area contributed by atoms with Gasteiger partial charge in [0.25, 0.3) is 0 Å². The monoisotopic (exact) mass is 242 g/mol. The van der Waals surface area contributed by atoms with Crippen LogP contribution in [0.3, 0.4) is 0 Å². The summed E-state index contributed by atoms with van der Waals surface area (Å²) in [5.74, 6) is 0. The van der Waals surface area contributed by atoms with Gasteiger partial charge in [0.15, 0.2) is 0 Å². The van der Waals surface area contributed by atoms with Crippen LogP contribution in [0.25, 0.3) is 0 Å². The molecule has 0 amide bonds. The van der Waals surface area contributed by atoms with Gasteiger partial charge in [0.05, 0.1) is 0 Å². The molecule has 0 bridgehead atoms. The number of hydrogen-bond donors (Lipinski definition) is 0. The minimum absolute atomic E-state index is 0.674. The van der Waals surface area contributed by atoms with Crippen molar-refractivity contribution in [2.75, 3.05) is 0 Å². The van der Waals surface area contributed by atoms with Gasteiger partial charge in [0, 0.05) is 15.2 Å². The Morgan fingerprint density at radius 3 is 1.93 bits per heavy atom. The molecule has 0 N–H and O–H groups in total. The van der Waals surface area contributed by atoms with Crippen LogP contribution in [0.4, 0.5) is 0 Å². The van der Waals surface area contributed by atoms with E-state index in [1.807, 2.05) is 0 Å². The molecule has 1 aliphatic heterocycles. The molecule has 1 rings (SSSR count). The second-order valence-electron chi connectivity index (χ2n) is 7.31. The fourth-order valence-corrected chi connectivity index (χ4v) is 15.7. The van der Waals surface area contributed by atoms with E-state index in [0.29, 0.717) is 5.04 Å². The van der Waals surface area contributed by atoms with Crippen LogP contribution in [0.2, 0.25) is 37.3 Å². The summed E-state index contributed by atoms with van der Waals surface area (Å²) in [6.45, 7) is 15.9. The van der Waals surface area contributed by atoms with Gasteiger partial charge < -0.3 is 0 Å². The van der Waals surface area contributed by atoms with Gasteiger partial charge in [0.2, 0.25) is 0 Å². The minimum atomic E-state index is -1.02. The second-order valence-corrected chi connectivity index (χ2v) is 24.0. The van der Waals surface area contributed by atoms with E-state index in [4.69, 9.17) is 0 Å². The van der Waals surface area contributed by atoms with Crippen LogP contribution in [0, 0.1) is 0 Å². The highest BCUT2D eigenvalue weighted by molar-refractivity contribution is 7.41. The molecule has 0 aromatic carbocycles. The van der Waals surface area contributed by atoms with Crippen molar-refractivity contribution in [3.63, 3.8) is 0 Å². The third-order valence-corrected chi connectivity index (χ3v) is 27.3. The average Bonchev–Trinajstić information content (AvgIpc) is 2.11. The molecule has 1 aliphatic rings. The summed E-state index contributed by atoms with van der Waals surface area (Å²) >= 11 is 0. The topological polar surface area (TPSA) is 0 Å². The molecule has 0 spiro atoms. The molecule has 0 atom stereocenters. The molecular weight excluding hydrogens is 212 g/mol. The average molecular weight is 243 g/mol. The normalized spacial score (nSPS) is 30.0. The Balaban J connectivity index is 2.97. The Labute approximate surface area is 98.7 Å². The van der Waals surface area contributed by atoms with Crippen LogP contribution in [0.1, 0.15) is 46.0 Å². The molecule has 1 saturated heterocycles. The summed E-state index contributed by atoms with van der Waals surface area (Å²) in [6, 6.07) is 1.59. The van der Waals surface area contributed by atoms with E-state index < -0.39 is 15.2 Å². The van der Waals surface area contributed by atoms with Crippen molar-refractivity contribution < 1.29 is 0 Å². The van der Waals surface area contributed by atoms with E-state index in [-0.39, 0.29) is 0 Å². The largest absolute Gasteiger partial charge is 0.0713 e. The van der Waals surface area contributed by atoms with Crippen LogP contribution >= 0.6 is 0 Å². The van der Waals surface area contributed by atoms with Gasteiger partial charge in [-0.05, 0) is 5.04 Å². The first-order chi connectivity index (χ1) is 6.71.